The molecule has 0 aromatic carbocycles. The number of hydrogen-bond acceptors (Lipinski definition) is 5. The van der Waals surface area contributed by atoms with Crippen LogP contribution in [-0.4, -0.2) is 56.9 Å². The van der Waals surface area contributed by atoms with E-state index >= 15 is 0 Å². The van der Waals surface area contributed by atoms with E-state index in [4.69, 9.17) is 9.47 Å². The molecule has 23 heavy (non-hydrogen) atoms. The Bertz CT molecular complexity index is 498. The summed E-state index contributed by atoms with van der Waals surface area (Å²) in [5, 5.41) is 7.50. The number of ether oxygens (including phenoxy) is 2. The lowest BCUT2D eigenvalue weighted by atomic mass is 9.69. The van der Waals surface area contributed by atoms with Gasteiger partial charge < -0.3 is 14.8 Å². The molecule has 1 aromatic heterocycles. The molecule has 0 bridgehead atoms. The molecule has 0 saturated carbocycles. The van der Waals surface area contributed by atoms with Crippen LogP contribution in [0.2, 0.25) is 0 Å². The van der Waals surface area contributed by atoms with Gasteiger partial charge in [-0.1, -0.05) is 0 Å². The van der Waals surface area contributed by atoms with Crippen molar-refractivity contribution in [2.24, 2.45) is 5.41 Å². The van der Waals surface area contributed by atoms with E-state index in [-0.39, 0.29) is 24.0 Å². The first-order valence-corrected chi connectivity index (χ1v) is 9.26. The fraction of sp³-hybridized carbons (Fsp3) is 0.706. The van der Waals surface area contributed by atoms with Crippen LogP contribution in [0.15, 0.2) is 16.8 Å². The molecule has 1 atom stereocenters. The van der Waals surface area contributed by atoms with Crippen LogP contribution in [0.5, 0.6) is 0 Å². The van der Waals surface area contributed by atoms with Gasteiger partial charge in [-0.15, -0.1) is 0 Å². The highest BCUT2D eigenvalue weighted by atomic mass is 32.1. The average Bonchev–Trinajstić information content (AvgIpc) is 3.05. The van der Waals surface area contributed by atoms with Crippen LogP contribution in [0.1, 0.15) is 24.8 Å². The Hall–Kier alpha value is -0.950. The Morgan fingerprint density at radius 3 is 3.00 bits per heavy atom. The molecule has 2 aliphatic heterocycles. The zero-order valence-corrected chi connectivity index (χ0v) is 14.6. The molecule has 0 radical (unpaired) electrons. The number of nitrogens with one attached hydrogen (secondary N) is 1. The first kappa shape index (κ1) is 16.9. The van der Waals surface area contributed by atoms with Gasteiger partial charge in [-0.2, -0.15) is 11.3 Å². The molecule has 1 amide bonds. The molecule has 3 heterocycles. The summed E-state index contributed by atoms with van der Waals surface area (Å²) in [7, 11) is 1.55. The van der Waals surface area contributed by atoms with Gasteiger partial charge in [0.1, 0.15) is 6.61 Å². The Morgan fingerprint density at radius 1 is 1.48 bits per heavy atom. The summed E-state index contributed by atoms with van der Waals surface area (Å²) in [5.74, 6) is -0.0388. The van der Waals surface area contributed by atoms with E-state index < -0.39 is 0 Å². The normalized spacial score (nSPS) is 24.7. The van der Waals surface area contributed by atoms with Gasteiger partial charge in [-0.3, -0.25) is 9.69 Å². The van der Waals surface area contributed by atoms with Gasteiger partial charge in [0.15, 0.2) is 0 Å². The lowest BCUT2D eigenvalue weighted by molar-refractivity contribution is -0.130. The monoisotopic (exact) mass is 338 g/mol. The fourth-order valence-electron chi connectivity index (χ4n) is 3.79. The van der Waals surface area contributed by atoms with Gasteiger partial charge in [-0.25, -0.2) is 0 Å². The second-order valence-electron chi connectivity index (χ2n) is 6.65. The third-order valence-electron chi connectivity index (χ3n) is 5.22. The second-order valence-corrected chi connectivity index (χ2v) is 7.43. The summed E-state index contributed by atoms with van der Waals surface area (Å²) in [4.78, 5) is 14.4. The quantitative estimate of drug-likeness (QED) is 0.891. The smallest absolute Gasteiger partial charge is 0.246 e. The van der Waals surface area contributed by atoms with E-state index in [2.05, 4.69) is 27.0 Å². The van der Waals surface area contributed by atoms with E-state index in [9.17, 15) is 4.79 Å². The molecule has 1 aromatic rings. The van der Waals surface area contributed by atoms with E-state index in [1.54, 1.807) is 18.4 Å². The van der Waals surface area contributed by atoms with Gasteiger partial charge in [0.05, 0.1) is 12.6 Å². The molecule has 2 saturated heterocycles. The van der Waals surface area contributed by atoms with E-state index in [0.29, 0.717) is 6.61 Å². The maximum absolute atomic E-state index is 11.9. The number of piperidine rings is 1. The van der Waals surface area contributed by atoms with Crippen molar-refractivity contribution in [3.63, 3.8) is 0 Å². The molecule has 128 valence electrons. The number of carbonyl (C=O) groups is 1. The number of thiophene rings is 1. The zero-order valence-electron chi connectivity index (χ0n) is 13.8. The van der Waals surface area contributed by atoms with Crippen LogP contribution in [-0.2, 0) is 20.8 Å². The molecule has 1 N–H and O–H groups in total. The molecule has 0 aliphatic carbocycles. The molecule has 3 rings (SSSR count). The van der Waals surface area contributed by atoms with Crippen molar-refractivity contribution in [1.82, 2.24) is 10.2 Å². The molecule has 6 heteroatoms. The summed E-state index contributed by atoms with van der Waals surface area (Å²) in [5.41, 5.74) is 1.59. The van der Waals surface area contributed by atoms with Gasteiger partial charge in [0.2, 0.25) is 5.91 Å². The SMILES string of the molecule is COCC(=O)N[C@H]1COCCC12CCN(Cc1ccsc1)CC2. The zero-order chi connectivity index (χ0) is 16.1. The van der Waals surface area contributed by atoms with Gasteiger partial charge >= 0.3 is 0 Å². The number of methoxy groups -OCH3 is 1. The number of amides is 1. The van der Waals surface area contributed by atoms with Crippen molar-refractivity contribution in [2.75, 3.05) is 40.0 Å². The van der Waals surface area contributed by atoms with Crippen LogP contribution >= 0.6 is 11.3 Å². The molecule has 1 spiro atoms. The Morgan fingerprint density at radius 2 is 2.30 bits per heavy atom. The highest BCUT2D eigenvalue weighted by Crippen LogP contribution is 2.41. The van der Waals surface area contributed by atoms with E-state index in [1.165, 1.54) is 5.56 Å². The maximum atomic E-state index is 11.9. The van der Waals surface area contributed by atoms with Crippen molar-refractivity contribution in [2.45, 2.75) is 31.8 Å². The predicted octanol–water partition coefficient (Wildman–Crippen LogP) is 1.88. The Labute approximate surface area is 142 Å². The summed E-state index contributed by atoms with van der Waals surface area (Å²) in [6, 6.07) is 2.32. The number of nitrogens with zero attached hydrogens (tertiary/aromatic N) is 1. The highest BCUT2D eigenvalue weighted by Gasteiger charge is 2.44. The summed E-state index contributed by atoms with van der Waals surface area (Å²) in [6.45, 7) is 4.77. The van der Waals surface area contributed by atoms with Crippen LogP contribution in [0.4, 0.5) is 0 Å². The molecular weight excluding hydrogens is 312 g/mol. The second kappa shape index (κ2) is 7.75. The van der Waals surface area contributed by atoms with Crippen LogP contribution < -0.4 is 5.32 Å². The molecule has 0 unspecified atom stereocenters. The van der Waals surface area contributed by atoms with Crippen molar-refractivity contribution in [3.8, 4) is 0 Å². The van der Waals surface area contributed by atoms with E-state index in [1.807, 2.05) is 0 Å². The summed E-state index contributed by atoms with van der Waals surface area (Å²) >= 11 is 1.76. The predicted molar refractivity (Wildman–Crippen MR) is 90.5 cm³/mol. The Balaban J connectivity index is 1.58. The molecular formula is C17H26N2O3S. The average molecular weight is 338 g/mol. The first-order valence-electron chi connectivity index (χ1n) is 8.31. The van der Waals surface area contributed by atoms with Crippen LogP contribution in [0.25, 0.3) is 0 Å². The maximum Gasteiger partial charge on any atom is 0.246 e. The standard InChI is InChI=1S/C17H26N2O3S/c1-21-12-16(20)18-15-11-22-8-5-17(15)3-6-19(7-4-17)10-14-2-9-23-13-14/h2,9,13,15H,3-8,10-12H2,1H3,(H,18,20)/t15-/m0/s1. The van der Waals surface area contributed by atoms with E-state index in [0.717, 1.165) is 45.5 Å². The minimum Gasteiger partial charge on any atom is -0.379 e. The molecule has 2 fully saturated rings. The highest BCUT2D eigenvalue weighted by molar-refractivity contribution is 7.07. The lowest BCUT2D eigenvalue weighted by Gasteiger charge is -2.49. The number of likely N-dealkylation sites (tertiary alicyclic amines) is 1. The van der Waals surface area contributed by atoms with Gasteiger partial charge in [-0.05, 0) is 60.2 Å². The van der Waals surface area contributed by atoms with Crippen molar-refractivity contribution >= 4 is 17.2 Å². The number of hydrogen-bond donors (Lipinski definition) is 1. The first-order chi connectivity index (χ1) is 11.2. The van der Waals surface area contributed by atoms with Gasteiger partial charge in [0, 0.05) is 20.3 Å². The van der Waals surface area contributed by atoms with Gasteiger partial charge in [0.25, 0.3) is 0 Å². The van der Waals surface area contributed by atoms with Crippen molar-refractivity contribution in [1.29, 1.82) is 0 Å². The third-order valence-corrected chi connectivity index (χ3v) is 5.95. The summed E-state index contributed by atoms with van der Waals surface area (Å²) in [6.07, 6.45) is 3.29. The van der Waals surface area contributed by atoms with Crippen molar-refractivity contribution in [3.05, 3.63) is 22.4 Å². The molecule has 5 nitrogen and oxygen atoms in total. The minimum absolute atomic E-state index is 0.0388. The fourth-order valence-corrected chi connectivity index (χ4v) is 4.45. The number of carbonyl (C=O) groups excluding carboxylic acids is 1. The van der Waals surface area contributed by atoms with Crippen LogP contribution in [0.3, 0.4) is 0 Å². The third kappa shape index (κ3) is 4.12. The molecule has 2 aliphatic rings. The summed E-state index contributed by atoms with van der Waals surface area (Å²) < 4.78 is 10.6. The topological polar surface area (TPSA) is 50.8 Å². The van der Waals surface area contributed by atoms with Crippen molar-refractivity contribution < 1.29 is 14.3 Å². The largest absolute Gasteiger partial charge is 0.379 e. The van der Waals surface area contributed by atoms with Crippen LogP contribution in [0, 0.1) is 5.41 Å². The Kier molecular flexibility index (Phi) is 5.69. The number of rotatable bonds is 5. The lowest BCUT2D eigenvalue weighted by Crippen LogP contribution is -2.57. The minimum atomic E-state index is -0.0388.